The first-order chi connectivity index (χ1) is 9.40. The maximum atomic E-state index is 10.8. The minimum absolute atomic E-state index is 0.0225. The summed E-state index contributed by atoms with van der Waals surface area (Å²) in [7, 11) is 0. The van der Waals surface area contributed by atoms with Crippen molar-refractivity contribution in [2.24, 2.45) is 22.7 Å². The van der Waals surface area contributed by atoms with Crippen LogP contribution in [0.1, 0.15) is 38.5 Å². The maximum absolute atomic E-state index is 10.8. The van der Waals surface area contributed by atoms with Crippen LogP contribution in [0.5, 0.6) is 0 Å². The summed E-state index contributed by atoms with van der Waals surface area (Å²) in [5, 5.41) is 17.8. The molecule has 20 heavy (non-hydrogen) atoms. The second kappa shape index (κ2) is 4.47. The predicted molar refractivity (Wildman–Crippen MR) is 73.1 cm³/mol. The van der Waals surface area contributed by atoms with Crippen LogP contribution in [0, 0.1) is 22.7 Å². The van der Waals surface area contributed by atoms with E-state index in [1.54, 1.807) is 0 Å². The van der Waals surface area contributed by atoms with Gasteiger partial charge in [-0.15, -0.1) is 0 Å². The molecule has 4 nitrogen and oxygen atoms in total. The molecule has 0 aromatic heterocycles. The van der Waals surface area contributed by atoms with Gasteiger partial charge in [-0.25, -0.2) is 9.59 Å². The fourth-order valence-corrected chi connectivity index (χ4v) is 5.29. The molecule has 4 fully saturated rings. The van der Waals surface area contributed by atoms with Crippen molar-refractivity contribution in [3.63, 3.8) is 0 Å². The summed E-state index contributed by atoms with van der Waals surface area (Å²) in [5.74, 6) is -0.548. The highest BCUT2D eigenvalue weighted by molar-refractivity contribution is 5.80. The van der Waals surface area contributed by atoms with Gasteiger partial charge in [0.15, 0.2) is 0 Å². The van der Waals surface area contributed by atoms with E-state index < -0.39 is 11.9 Å². The Morgan fingerprint density at radius 1 is 0.850 bits per heavy atom. The lowest BCUT2D eigenvalue weighted by atomic mass is 9.44. The molecule has 4 rings (SSSR count). The Hall–Kier alpha value is -1.58. The van der Waals surface area contributed by atoms with E-state index in [1.165, 1.54) is 18.6 Å². The molecule has 4 heteroatoms. The average Bonchev–Trinajstić information content (AvgIpc) is 2.33. The van der Waals surface area contributed by atoms with Crippen molar-refractivity contribution in [3.05, 3.63) is 24.3 Å². The van der Waals surface area contributed by atoms with Crippen molar-refractivity contribution in [2.75, 3.05) is 0 Å². The average molecular weight is 276 g/mol. The van der Waals surface area contributed by atoms with E-state index in [-0.39, 0.29) is 10.8 Å². The Labute approximate surface area is 118 Å². The number of hydrogen-bond donors (Lipinski definition) is 2. The Morgan fingerprint density at radius 3 is 1.60 bits per heavy atom. The number of rotatable bonds is 4. The van der Waals surface area contributed by atoms with E-state index in [2.05, 4.69) is 0 Å². The number of carboxylic acids is 2. The van der Waals surface area contributed by atoms with Gasteiger partial charge in [-0.3, -0.25) is 0 Å². The first-order valence-corrected chi connectivity index (χ1v) is 7.25. The standard InChI is InChI=1S/C16H20O4/c17-13(18)1-3-15-6-11-5-12(7-15)9-16(8-11,10-15)4-2-14(19)20/h1-4,11-12H,5-10H2,(H,17,18)(H,19,20). The molecule has 0 radical (unpaired) electrons. The molecule has 4 aliphatic rings. The Morgan fingerprint density at radius 2 is 1.25 bits per heavy atom. The molecular formula is C16H20O4. The molecule has 4 bridgehead atoms. The zero-order valence-corrected chi connectivity index (χ0v) is 11.4. The van der Waals surface area contributed by atoms with Gasteiger partial charge in [-0.2, -0.15) is 0 Å². The third-order valence-electron chi connectivity index (χ3n) is 5.31. The number of allylic oxidation sites excluding steroid dienone is 2. The van der Waals surface area contributed by atoms with Gasteiger partial charge >= 0.3 is 11.9 Å². The zero-order valence-electron chi connectivity index (χ0n) is 11.4. The molecule has 4 aliphatic carbocycles. The van der Waals surface area contributed by atoms with Crippen molar-refractivity contribution < 1.29 is 19.8 Å². The Balaban J connectivity index is 1.89. The molecule has 108 valence electrons. The molecule has 0 unspecified atom stereocenters. The highest BCUT2D eigenvalue weighted by Crippen LogP contribution is 2.66. The topological polar surface area (TPSA) is 74.6 Å². The van der Waals surface area contributed by atoms with Crippen molar-refractivity contribution in [2.45, 2.75) is 38.5 Å². The molecule has 4 saturated carbocycles. The van der Waals surface area contributed by atoms with E-state index in [0.29, 0.717) is 11.8 Å². The van der Waals surface area contributed by atoms with E-state index in [4.69, 9.17) is 10.2 Å². The summed E-state index contributed by atoms with van der Waals surface area (Å²) in [4.78, 5) is 21.6. The largest absolute Gasteiger partial charge is 0.478 e. The third kappa shape index (κ3) is 2.39. The third-order valence-corrected chi connectivity index (χ3v) is 5.31. The monoisotopic (exact) mass is 276 g/mol. The highest BCUT2D eigenvalue weighted by atomic mass is 16.4. The van der Waals surface area contributed by atoms with Crippen LogP contribution in [0.25, 0.3) is 0 Å². The van der Waals surface area contributed by atoms with Crippen LogP contribution in [-0.2, 0) is 9.59 Å². The lowest BCUT2D eigenvalue weighted by Crippen LogP contribution is -2.50. The Bertz CT molecular complexity index is 447. The molecule has 0 amide bonds. The zero-order chi connectivity index (χ0) is 14.4. The molecular weight excluding hydrogens is 256 g/mol. The van der Waals surface area contributed by atoms with Gasteiger partial charge in [0, 0.05) is 12.2 Å². The van der Waals surface area contributed by atoms with Crippen molar-refractivity contribution >= 4 is 11.9 Å². The van der Waals surface area contributed by atoms with Crippen LogP contribution in [0.4, 0.5) is 0 Å². The van der Waals surface area contributed by atoms with E-state index >= 15 is 0 Å². The van der Waals surface area contributed by atoms with E-state index in [0.717, 1.165) is 32.1 Å². The molecule has 0 aliphatic heterocycles. The van der Waals surface area contributed by atoms with E-state index in [9.17, 15) is 9.59 Å². The van der Waals surface area contributed by atoms with Crippen LogP contribution in [-0.4, -0.2) is 22.2 Å². The van der Waals surface area contributed by atoms with Gasteiger partial charge in [0.05, 0.1) is 0 Å². The second-order valence-corrected chi connectivity index (χ2v) is 7.03. The fourth-order valence-electron chi connectivity index (χ4n) is 5.29. The predicted octanol–water partition coefficient (Wildman–Crippen LogP) is 2.85. The van der Waals surface area contributed by atoms with Gasteiger partial charge in [0.2, 0.25) is 0 Å². The van der Waals surface area contributed by atoms with Gasteiger partial charge in [-0.1, -0.05) is 12.2 Å². The lowest BCUT2D eigenvalue weighted by molar-refractivity contribution is -0.132. The normalized spacial score (nSPS) is 42.6. The second-order valence-electron chi connectivity index (χ2n) is 7.03. The van der Waals surface area contributed by atoms with Gasteiger partial charge in [0.25, 0.3) is 0 Å². The van der Waals surface area contributed by atoms with Crippen molar-refractivity contribution in [1.82, 2.24) is 0 Å². The molecule has 0 heterocycles. The Kier molecular flexibility index (Phi) is 3.00. The molecule has 0 spiro atoms. The first kappa shape index (κ1) is 13.4. The van der Waals surface area contributed by atoms with Gasteiger partial charge in [0.1, 0.15) is 0 Å². The fraction of sp³-hybridized carbons (Fsp3) is 0.625. The van der Waals surface area contributed by atoms with Gasteiger partial charge < -0.3 is 10.2 Å². The SMILES string of the molecule is O=C(O)C=CC12CC3CC(C1)CC(C=CC(=O)O)(C3)C2. The summed E-state index contributed by atoms with van der Waals surface area (Å²) in [6.07, 6.45) is 12.7. The van der Waals surface area contributed by atoms with Crippen LogP contribution in [0.3, 0.4) is 0 Å². The van der Waals surface area contributed by atoms with Crippen LogP contribution >= 0.6 is 0 Å². The minimum Gasteiger partial charge on any atom is -0.478 e. The molecule has 0 saturated heterocycles. The van der Waals surface area contributed by atoms with Crippen molar-refractivity contribution in [1.29, 1.82) is 0 Å². The summed E-state index contributed by atoms with van der Waals surface area (Å²) >= 11 is 0. The summed E-state index contributed by atoms with van der Waals surface area (Å²) < 4.78 is 0. The number of hydrogen-bond acceptors (Lipinski definition) is 2. The summed E-state index contributed by atoms with van der Waals surface area (Å²) in [6.45, 7) is 0. The summed E-state index contributed by atoms with van der Waals surface area (Å²) in [6, 6.07) is 0. The number of carboxylic acid groups (broad SMARTS) is 2. The summed E-state index contributed by atoms with van der Waals surface area (Å²) in [5.41, 5.74) is -0.0450. The van der Waals surface area contributed by atoms with Crippen LogP contribution in [0.2, 0.25) is 0 Å². The molecule has 0 aromatic rings. The number of carbonyl (C=O) groups is 2. The van der Waals surface area contributed by atoms with Crippen LogP contribution in [0.15, 0.2) is 24.3 Å². The smallest absolute Gasteiger partial charge is 0.327 e. The quantitative estimate of drug-likeness (QED) is 0.774. The van der Waals surface area contributed by atoms with Crippen molar-refractivity contribution in [3.8, 4) is 0 Å². The maximum Gasteiger partial charge on any atom is 0.327 e. The molecule has 0 atom stereocenters. The minimum atomic E-state index is -0.893. The molecule has 0 aromatic carbocycles. The van der Waals surface area contributed by atoms with Gasteiger partial charge in [-0.05, 0) is 61.2 Å². The molecule has 2 N–H and O–H groups in total. The lowest BCUT2D eigenvalue weighted by Gasteiger charge is -2.60. The number of aliphatic carboxylic acids is 2. The van der Waals surface area contributed by atoms with Crippen LogP contribution < -0.4 is 0 Å². The highest BCUT2D eigenvalue weighted by Gasteiger charge is 2.55. The first-order valence-electron chi connectivity index (χ1n) is 7.25. The van der Waals surface area contributed by atoms with E-state index in [1.807, 2.05) is 12.2 Å².